The first-order valence-corrected chi connectivity index (χ1v) is 9.31. The molecule has 0 saturated carbocycles. The Kier molecular flexibility index (Phi) is 7.24. The molecule has 0 bridgehead atoms. The number of halogens is 1. The van der Waals surface area contributed by atoms with Crippen LogP contribution in [0.4, 0.5) is 0 Å². The van der Waals surface area contributed by atoms with Gasteiger partial charge < -0.3 is 14.2 Å². The van der Waals surface area contributed by atoms with Crippen LogP contribution in [0.15, 0.2) is 71.5 Å². The van der Waals surface area contributed by atoms with Gasteiger partial charge in [0.2, 0.25) is 0 Å². The molecule has 3 aromatic rings. The van der Waals surface area contributed by atoms with Gasteiger partial charge in [0, 0.05) is 11.1 Å². The van der Waals surface area contributed by atoms with Crippen molar-refractivity contribution in [3.8, 4) is 11.5 Å². The summed E-state index contributed by atoms with van der Waals surface area (Å²) in [5.74, 6) is 0.631. The Morgan fingerprint density at radius 1 is 0.897 bits per heavy atom. The van der Waals surface area contributed by atoms with Crippen LogP contribution in [-0.2, 0) is 11.3 Å². The summed E-state index contributed by atoms with van der Waals surface area (Å²) in [6, 6.07) is 18.7. The Morgan fingerprint density at radius 2 is 1.66 bits per heavy atom. The predicted molar refractivity (Wildman–Crippen MR) is 108 cm³/mol. The Morgan fingerprint density at radius 3 is 2.45 bits per heavy atom. The number of carbonyl (C=O) groups excluding carboxylic acids is 1. The highest BCUT2D eigenvalue weighted by atomic mass is 35.5. The number of nitrogens with zero attached hydrogens (tertiary/aromatic N) is 2. The van der Waals surface area contributed by atoms with E-state index in [1.165, 1.54) is 16.8 Å². The minimum Gasteiger partial charge on any atom is -0.492 e. The van der Waals surface area contributed by atoms with Gasteiger partial charge in [-0.3, -0.25) is 4.79 Å². The second-order valence-corrected chi connectivity index (χ2v) is 6.32. The molecule has 0 spiro atoms. The van der Waals surface area contributed by atoms with Crippen molar-refractivity contribution in [3.05, 3.63) is 87.8 Å². The van der Waals surface area contributed by atoms with E-state index in [0.717, 1.165) is 0 Å². The van der Waals surface area contributed by atoms with Crippen LogP contribution < -0.4 is 15.0 Å². The number of benzene rings is 2. The van der Waals surface area contributed by atoms with Crippen LogP contribution >= 0.6 is 11.6 Å². The second-order valence-electron chi connectivity index (χ2n) is 5.88. The topological polar surface area (TPSA) is 79.7 Å². The zero-order valence-corrected chi connectivity index (χ0v) is 16.2. The third-order valence-corrected chi connectivity index (χ3v) is 4.01. The molecule has 0 fully saturated rings. The minimum absolute atomic E-state index is 0.0310. The van der Waals surface area contributed by atoms with Crippen molar-refractivity contribution in [2.75, 3.05) is 19.8 Å². The zero-order valence-electron chi connectivity index (χ0n) is 15.5. The normalized spacial score (nSPS) is 10.4. The molecule has 1 heterocycles. The van der Waals surface area contributed by atoms with Gasteiger partial charge >= 0.3 is 5.97 Å². The van der Waals surface area contributed by atoms with E-state index in [1.54, 1.807) is 24.3 Å². The lowest BCUT2D eigenvalue weighted by molar-refractivity contribution is 0.0440. The zero-order chi connectivity index (χ0) is 20.5. The summed E-state index contributed by atoms with van der Waals surface area (Å²) in [6.07, 6.45) is 0. The van der Waals surface area contributed by atoms with E-state index in [-0.39, 0.29) is 37.6 Å². The molecular weight excluding hydrogens is 396 g/mol. The van der Waals surface area contributed by atoms with Crippen molar-refractivity contribution in [1.82, 2.24) is 9.78 Å². The summed E-state index contributed by atoms with van der Waals surface area (Å²) in [4.78, 5) is 24.1. The van der Waals surface area contributed by atoms with E-state index >= 15 is 0 Å². The largest absolute Gasteiger partial charge is 0.492 e. The van der Waals surface area contributed by atoms with E-state index in [9.17, 15) is 9.59 Å². The maximum Gasteiger partial charge on any atom is 0.358 e. The molecular formula is C21H19ClN2O5. The highest BCUT2D eigenvalue weighted by Gasteiger charge is 2.11. The van der Waals surface area contributed by atoms with Crippen LogP contribution in [0.3, 0.4) is 0 Å². The van der Waals surface area contributed by atoms with E-state index in [2.05, 4.69) is 5.10 Å². The van der Waals surface area contributed by atoms with E-state index < -0.39 is 5.97 Å². The van der Waals surface area contributed by atoms with Crippen LogP contribution in [-0.4, -0.2) is 35.6 Å². The standard InChI is InChI=1S/C21H19ClN2O5/c22-16-5-4-8-18(15-16)28-13-14-29-21(26)19-9-10-20(25)24(23-19)11-12-27-17-6-2-1-3-7-17/h1-10,15H,11-14H2. The van der Waals surface area contributed by atoms with Crippen LogP contribution in [0.2, 0.25) is 5.02 Å². The minimum atomic E-state index is -0.641. The maximum absolute atomic E-state index is 12.2. The van der Waals surface area contributed by atoms with Gasteiger partial charge in [0.25, 0.3) is 5.56 Å². The van der Waals surface area contributed by atoms with Gasteiger partial charge in [-0.05, 0) is 36.4 Å². The van der Waals surface area contributed by atoms with E-state index in [1.807, 2.05) is 30.3 Å². The molecule has 29 heavy (non-hydrogen) atoms. The number of rotatable bonds is 9. The molecule has 2 aromatic carbocycles. The Bertz CT molecular complexity index is 1010. The Labute approximate surface area is 172 Å². The van der Waals surface area contributed by atoms with Crippen LogP contribution in [0.5, 0.6) is 11.5 Å². The molecule has 0 unspecified atom stereocenters. The molecule has 0 atom stereocenters. The maximum atomic E-state index is 12.2. The van der Waals surface area contributed by atoms with Gasteiger partial charge in [-0.25, -0.2) is 9.48 Å². The molecule has 0 amide bonds. The summed E-state index contributed by atoms with van der Waals surface area (Å²) >= 11 is 5.88. The summed E-state index contributed by atoms with van der Waals surface area (Å²) in [5.41, 5.74) is -0.297. The molecule has 150 valence electrons. The predicted octanol–water partition coefficient (Wildman–Crippen LogP) is 3.21. The molecule has 0 radical (unpaired) electrons. The van der Waals surface area contributed by atoms with Crippen molar-refractivity contribution in [3.63, 3.8) is 0 Å². The van der Waals surface area contributed by atoms with Crippen molar-refractivity contribution < 1.29 is 19.0 Å². The first-order chi connectivity index (χ1) is 14.1. The lowest BCUT2D eigenvalue weighted by Gasteiger charge is -2.09. The highest BCUT2D eigenvalue weighted by molar-refractivity contribution is 6.30. The first kappa shape index (κ1) is 20.4. The molecule has 0 aliphatic rings. The smallest absolute Gasteiger partial charge is 0.358 e. The van der Waals surface area contributed by atoms with Gasteiger partial charge in [0.15, 0.2) is 5.69 Å². The fourth-order valence-corrected chi connectivity index (χ4v) is 2.59. The quantitative estimate of drug-likeness (QED) is 0.395. The molecule has 3 rings (SSSR count). The van der Waals surface area contributed by atoms with Crippen molar-refractivity contribution in [2.45, 2.75) is 6.54 Å². The molecule has 0 N–H and O–H groups in total. The first-order valence-electron chi connectivity index (χ1n) is 8.93. The van der Waals surface area contributed by atoms with E-state index in [0.29, 0.717) is 16.5 Å². The second kappa shape index (κ2) is 10.3. The molecule has 0 aliphatic carbocycles. The lowest BCUT2D eigenvalue weighted by Crippen LogP contribution is -2.27. The van der Waals surface area contributed by atoms with Crippen molar-refractivity contribution >= 4 is 17.6 Å². The fourth-order valence-electron chi connectivity index (χ4n) is 2.41. The summed E-state index contributed by atoms with van der Waals surface area (Å²) in [5, 5.41) is 4.60. The van der Waals surface area contributed by atoms with E-state index in [4.69, 9.17) is 25.8 Å². The fraction of sp³-hybridized carbons (Fsp3) is 0.190. The summed E-state index contributed by atoms with van der Waals surface area (Å²) in [6.45, 7) is 0.634. The molecule has 1 aromatic heterocycles. The molecule has 0 saturated heterocycles. The Balaban J connectivity index is 1.48. The number of carbonyl (C=O) groups is 1. The monoisotopic (exact) mass is 414 g/mol. The van der Waals surface area contributed by atoms with Gasteiger partial charge in [0.1, 0.15) is 31.3 Å². The van der Waals surface area contributed by atoms with Gasteiger partial charge in [0.05, 0.1) is 6.54 Å². The van der Waals surface area contributed by atoms with Gasteiger partial charge in [-0.1, -0.05) is 35.9 Å². The third-order valence-electron chi connectivity index (χ3n) is 3.77. The number of ether oxygens (including phenoxy) is 3. The SMILES string of the molecule is O=C(OCCOc1cccc(Cl)c1)c1ccc(=O)n(CCOc2ccccc2)n1. The number of aromatic nitrogens is 2. The molecule has 8 heteroatoms. The average Bonchev–Trinajstić information content (AvgIpc) is 2.73. The van der Waals surface area contributed by atoms with Gasteiger partial charge in [-0.2, -0.15) is 5.10 Å². The summed E-state index contributed by atoms with van der Waals surface area (Å²) < 4.78 is 17.3. The summed E-state index contributed by atoms with van der Waals surface area (Å²) in [7, 11) is 0. The van der Waals surface area contributed by atoms with Gasteiger partial charge in [-0.15, -0.1) is 0 Å². The Hall–Kier alpha value is -3.32. The number of hydrogen-bond donors (Lipinski definition) is 0. The van der Waals surface area contributed by atoms with Crippen LogP contribution in [0.25, 0.3) is 0 Å². The van der Waals surface area contributed by atoms with Crippen molar-refractivity contribution in [2.24, 2.45) is 0 Å². The molecule has 7 nitrogen and oxygen atoms in total. The average molecular weight is 415 g/mol. The number of para-hydroxylation sites is 1. The number of esters is 1. The van der Waals surface area contributed by atoms with Crippen molar-refractivity contribution in [1.29, 1.82) is 0 Å². The van der Waals surface area contributed by atoms with Crippen LogP contribution in [0, 0.1) is 0 Å². The third kappa shape index (κ3) is 6.36. The van der Waals surface area contributed by atoms with Crippen LogP contribution in [0.1, 0.15) is 10.5 Å². The number of hydrogen-bond acceptors (Lipinski definition) is 6. The highest BCUT2D eigenvalue weighted by Crippen LogP contribution is 2.16. The molecule has 0 aliphatic heterocycles. The lowest BCUT2D eigenvalue weighted by atomic mass is 10.3.